The molecule has 1 aromatic carbocycles. The first-order chi connectivity index (χ1) is 10.7. The Kier molecular flexibility index (Phi) is 4.48. The molecule has 1 saturated carbocycles. The number of hydrogen-bond acceptors (Lipinski definition) is 2. The van der Waals surface area contributed by atoms with Crippen molar-refractivity contribution in [3.8, 4) is 28.8 Å². The molecule has 1 fully saturated rings. The topological polar surface area (TPSA) is 38.0 Å². The largest absolute Gasteiger partial charge is 0.507 e. The van der Waals surface area contributed by atoms with Crippen LogP contribution in [-0.4, -0.2) is 14.9 Å². The van der Waals surface area contributed by atoms with Crippen LogP contribution in [-0.2, 0) is 7.05 Å². The summed E-state index contributed by atoms with van der Waals surface area (Å²) in [5, 5.41) is 14.5. The Hall–Kier alpha value is -2.21. The fraction of sp³-hybridized carbons (Fsp3) is 0.421. The lowest BCUT2D eigenvalue weighted by Crippen LogP contribution is -2.04. The average Bonchev–Trinajstić information content (AvgIpc) is 2.89. The molecule has 0 bridgehead atoms. The lowest BCUT2D eigenvalue weighted by atomic mass is 9.87. The number of nitrogens with zero attached hydrogens (tertiary/aromatic N) is 2. The van der Waals surface area contributed by atoms with Gasteiger partial charge >= 0.3 is 0 Å². The van der Waals surface area contributed by atoms with Gasteiger partial charge < -0.3 is 5.11 Å². The quantitative estimate of drug-likeness (QED) is 0.846. The van der Waals surface area contributed by atoms with Crippen molar-refractivity contribution in [2.75, 3.05) is 0 Å². The first kappa shape index (κ1) is 14.7. The number of hydrogen-bond donors (Lipinski definition) is 1. The Morgan fingerprint density at radius 2 is 2.00 bits per heavy atom. The van der Waals surface area contributed by atoms with Crippen molar-refractivity contribution in [2.45, 2.75) is 38.5 Å². The summed E-state index contributed by atoms with van der Waals surface area (Å²) in [4.78, 5) is 0. The van der Waals surface area contributed by atoms with Crippen LogP contribution < -0.4 is 0 Å². The summed E-state index contributed by atoms with van der Waals surface area (Å²) < 4.78 is 1.76. The van der Waals surface area contributed by atoms with Gasteiger partial charge in [0.15, 0.2) is 0 Å². The van der Waals surface area contributed by atoms with E-state index in [0.29, 0.717) is 0 Å². The van der Waals surface area contributed by atoms with Gasteiger partial charge in [0.2, 0.25) is 0 Å². The monoisotopic (exact) mass is 294 g/mol. The molecular formula is C19H22N2O. The molecular weight excluding hydrogens is 272 g/mol. The zero-order valence-corrected chi connectivity index (χ0v) is 13.0. The van der Waals surface area contributed by atoms with Gasteiger partial charge in [0.25, 0.3) is 0 Å². The van der Waals surface area contributed by atoms with Crippen LogP contribution in [0, 0.1) is 17.8 Å². The van der Waals surface area contributed by atoms with Gasteiger partial charge in [-0.05, 0) is 30.9 Å². The Labute approximate surface area is 132 Å². The number of para-hydroxylation sites is 1. The van der Waals surface area contributed by atoms with Crippen LogP contribution >= 0.6 is 0 Å². The first-order valence-electron chi connectivity index (χ1n) is 8.05. The highest BCUT2D eigenvalue weighted by Gasteiger charge is 2.13. The lowest BCUT2D eigenvalue weighted by Gasteiger charge is -2.18. The van der Waals surface area contributed by atoms with E-state index in [2.05, 4.69) is 16.9 Å². The molecule has 0 saturated heterocycles. The number of phenols is 1. The van der Waals surface area contributed by atoms with Crippen molar-refractivity contribution in [1.29, 1.82) is 0 Å². The molecule has 1 heterocycles. The molecule has 114 valence electrons. The molecule has 0 spiro atoms. The van der Waals surface area contributed by atoms with Gasteiger partial charge in [-0.2, -0.15) is 5.10 Å². The standard InChI is InChI=1S/C19H22N2O/c1-21-14-16(11-7-10-15-8-3-2-4-9-15)19(20-21)17-12-5-6-13-18(17)22/h5-6,12-15,22H,2-4,8-10H2,1H3. The van der Waals surface area contributed by atoms with Crippen molar-refractivity contribution in [1.82, 2.24) is 9.78 Å². The Bertz CT molecular complexity index is 700. The summed E-state index contributed by atoms with van der Waals surface area (Å²) in [6.07, 6.45) is 9.60. The van der Waals surface area contributed by atoms with Gasteiger partial charge in [0.05, 0.1) is 5.56 Å². The third-order valence-electron chi connectivity index (χ3n) is 4.33. The molecule has 0 amide bonds. The van der Waals surface area contributed by atoms with E-state index in [9.17, 15) is 5.11 Å². The molecule has 1 aliphatic carbocycles. The van der Waals surface area contributed by atoms with Gasteiger partial charge in [0.1, 0.15) is 11.4 Å². The number of aryl methyl sites for hydroxylation is 1. The molecule has 2 aromatic rings. The van der Waals surface area contributed by atoms with Crippen LogP contribution in [0.2, 0.25) is 0 Å². The molecule has 0 aliphatic heterocycles. The SMILES string of the molecule is Cn1cc(C#CCC2CCCCC2)c(-c2ccccc2O)n1. The summed E-state index contributed by atoms with van der Waals surface area (Å²) in [6.45, 7) is 0. The maximum Gasteiger partial charge on any atom is 0.125 e. The van der Waals surface area contributed by atoms with E-state index in [4.69, 9.17) is 0 Å². The second-order valence-corrected chi connectivity index (χ2v) is 6.09. The molecule has 0 unspecified atom stereocenters. The van der Waals surface area contributed by atoms with Crippen LogP contribution in [0.25, 0.3) is 11.3 Å². The summed E-state index contributed by atoms with van der Waals surface area (Å²) in [7, 11) is 1.88. The third-order valence-corrected chi connectivity index (χ3v) is 4.33. The molecule has 3 nitrogen and oxygen atoms in total. The first-order valence-corrected chi connectivity index (χ1v) is 8.05. The Morgan fingerprint density at radius 3 is 2.77 bits per heavy atom. The molecule has 1 N–H and O–H groups in total. The van der Waals surface area contributed by atoms with E-state index < -0.39 is 0 Å². The van der Waals surface area contributed by atoms with E-state index in [-0.39, 0.29) is 5.75 Å². The van der Waals surface area contributed by atoms with Gasteiger partial charge in [-0.25, -0.2) is 0 Å². The van der Waals surface area contributed by atoms with Crippen LogP contribution in [0.5, 0.6) is 5.75 Å². The van der Waals surface area contributed by atoms with Gasteiger partial charge in [-0.3, -0.25) is 4.68 Å². The van der Waals surface area contributed by atoms with Crippen molar-refractivity contribution < 1.29 is 5.11 Å². The molecule has 0 atom stereocenters. The second-order valence-electron chi connectivity index (χ2n) is 6.09. The number of benzene rings is 1. The van der Waals surface area contributed by atoms with Crippen molar-refractivity contribution in [2.24, 2.45) is 13.0 Å². The molecule has 0 radical (unpaired) electrons. The van der Waals surface area contributed by atoms with Crippen LogP contribution in [0.4, 0.5) is 0 Å². The van der Waals surface area contributed by atoms with E-state index in [0.717, 1.165) is 29.2 Å². The van der Waals surface area contributed by atoms with E-state index in [1.165, 1.54) is 32.1 Å². The minimum atomic E-state index is 0.247. The lowest BCUT2D eigenvalue weighted by molar-refractivity contribution is 0.365. The summed E-state index contributed by atoms with van der Waals surface area (Å²) in [6, 6.07) is 7.28. The summed E-state index contributed by atoms with van der Waals surface area (Å²) in [5.74, 6) is 7.59. The van der Waals surface area contributed by atoms with E-state index in [1.54, 1.807) is 10.7 Å². The van der Waals surface area contributed by atoms with E-state index in [1.807, 2.05) is 31.4 Å². The van der Waals surface area contributed by atoms with Crippen molar-refractivity contribution in [3.63, 3.8) is 0 Å². The van der Waals surface area contributed by atoms with Crippen molar-refractivity contribution >= 4 is 0 Å². The summed E-state index contributed by atoms with van der Waals surface area (Å²) >= 11 is 0. The maximum absolute atomic E-state index is 10.0. The maximum atomic E-state index is 10.0. The number of rotatable bonds is 2. The van der Waals surface area contributed by atoms with Gasteiger partial charge in [0, 0.05) is 25.2 Å². The predicted molar refractivity (Wildman–Crippen MR) is 88.4 cm³/mol. The number of aromatic hydroxyl groups is 1. The Balaban J connectivity index is 1.81. The molecule has 3 heteroatoms. The van der Waals surface area contributed by atoms with Crippen LogP contribution in [0.15, 0.2) is 30.5 Å². The molecule has 22 heavy (non-hydrogen) atoms. The van der Waals surface area contributed by atoms with Crippen molar-refractivity contribution in [3.05, 3.63) is 36.0 Å². The second kappa shape index (κ2) is 6.70. The van der Waals surface area contributed by atoms with Crippen LogP contribution in [0.3, 0.4) is 0 Å². The highest BCUT2D eigenvalue weighted by molar-refractivity contribution is 5.72. The smallest absolute Gasteiger partial charge is 0.125 e. The fourth-order valence-corrected chi connectivity index (χ4v) is 3.13. The fourth-order valence-electron chi connectivity index (χ4n) is 3.13. The highest BCUT2D eigenvalue weighted by Crippen LogP contribution is 2.30. The van der Waals surface area contributed by atoms with E-state index >= 15 is 0 Å². The van der Waals surface area contributed by atoms with Crippen LogP contribution in [0.1, 0.15) is 44.1 Å². The van der Waals surface area contributed by atoms with Gasteiger partial charge in [-0.1, -0.05) is 43.2 Å². The normalized spacial score (nSPS) is 15.3. The highest BCUT2D eigenvalue weighted by atomic mass is 16.3. The average molecular weight is 294 g/mol. The summed E-state index contributed by atoms with van der Waals surface area (Å²) in [5.41, 5.74) is 2.39. The minimum Gasteiger partial charge on any atom is -0.507 e. The Morgan fingerprint density at radius 1 is 1.23 bits per heavy atom. The molecule has 1 aromatic heterocycles. The predicted octanol–water partition coefficient (Wildman–Crippen LogP) is 4.11. The number of phenolic OH excluding ortho intramolecular Hbond substituents is 1. The van der Waals surface area contributed by atoms with Gasteiger partial charge in [-0.15, -0.1) is 0 Å². The zero-order valence-electron chi connectivity index (χ0n) is 13.0. The molecule has 1 aliphatic rings. The third kappa shape index (κ3) is 3.33. The zero-order chi connectivity index (χ0) is 15.4. The minimum absolute atomic E-state index is 0.247. The molecule has 3 rings (SSSR count). The number of aromatic nitrogens is 2.